The second-order valence-corrected chi connectivity index (χ2v) is 8.78. The quantitative estimate of drug-likeness (QED) is 0.231. The van der Waals surface area contributed by atoms with Gasteiger partial charge in [-0.05, 0) is 51.9 Å². The second-order valence-electron chi connectivity index (χ2n) is 8.34. The van der Waals surface area contributed by atoms with E-state index < -0.39 is 29.7 Å². The van der Waals surface area contributed by atoms with Crippen LogP contribution in [0.5, 0.6) is 0 Å². The van der Waals surface area contributed by atoms with Gasteiger partial charge in [-0.15, -0.1) is 5.10 Å². The Balaban J connectivity index is 1.49. The number of carbonyl (C=O) groups excluding carboxylic acids is 3. The van der Waals surface area contributed by atoms with Crippen LogP contribution in [0.2, 0.25) is 5.02 Å². The Morgan fingerprint density at radius 2 is 1.64 bits per heavy atom. The number of amides is 3. The van der Waals surface area contributed by atoms with Crippen molar-refractivity contribution >= 4 is 46.7 Å². The van der Waals surface area contributed by atoms with Gasteiger partial charge in [0.05, 0.1) is 17.8 Å². The van der Waals surface area contributed by atoms with Crippen molar-refractivity contribution in [3.63, 3.8) is 0 Å². The zero-order valence-corrected chi connectivity index (χ0v) is 21.0. The molecule has 0 unspecified atom stereocenters. The summed E-state index contributed by atoms with van der Waals surface area (Å²) in [6, 6.07) is 18.7. The fraction of sp³-hybridized carbons (Fsp3) is 0.115. The van der Waals surface area contributed by atoms with E-state index in [1.807, 2.05) is 6.07 Å². The normalized spacial score (nSPS) is 11.3. The van der Waals surface area contributed by atoms with Gasteiger partial charge in [-0.3, -0.25) is 19.2 Å². The van der Waals surface area contributed by atoms with E-state index in [9.17, 15) is 19.2 Å². The second kappa shape index (κ2) is 12.4. The molecule has 0 radical (unpaired) electrons. The molecule has 3 amide bonds. The molecule has 1 atom stereocenters. The van der Waals surface area contributed by atoms with Gasteiger partial charge in [-0.1, -0.05) is 54.1 Å². The van der Waals surface area contributed by atoms with Crippen LogP contribution in [0.25, 0.3) is 5.69 Å². The Bertz CT molecular complexity index is 1480. The lowest BCUT2D eigenvalue weighted by molar-refractivity contribution is -0.137. The first-order chi connectivity index (χ1) is 18.8. The number of carbonyl (C=O) groups is 4. The van der Waals surface area contributed by atoms with E-state index in [0.29, 0.717) is 22.0 Å². The molecule has 0 aliphatic carbocycles. The molecule has 4 aromatic rings. The molecule has 0 fully saturated rings. The molecule has 13 heteroatoms. The van der Waals surface area contributed by atoms with Crippen LogP contribution in [0.1, 0.15) is 11.1 Å². The number of hydrogen-bond donors (Lipinski definition) is 4. The van der Waals surface area contributed by atoms with Gasteiger partial charge in [0.15, 0.2) is 0 Å². The Labute approximate surface area is 227 Å². The van der Waals surface area contributed by atoms with Gasteiger partial charge in [0.25, 0.3) is 0 Å². The Kier molecular flexibility index (Phi) is 8.59. The SMILES string of the molecule is O=C(O)Cc1ccc(NC(=O)[C@H](Cc2ccccc2)NC(=O)C(=O)Nc2cc(Cl)ccc2-n2cnnn2)cc1. The van der Waals surface area contributed by atoms with Crippen molar-refractivity contribution in [2.24, 2.45) is 0 Å². The molecule has 3 aromatic carbocycles. The highest BCUT2D eigenvalue weighted by atomic mass is 35.5. The summed E-state index contributed by atoms with van der Waals surface area (Å²) >= 11 is 6.07. The molecule has 4 N–H and O–H groups in total. The molecule has 1 aromatic heterocycles. The fourth-order valence-electron chi connectivity index (χ4n) is 3.65. The van der Waals surface area contributed by atoms with Gasteiger partial charge in [-0.25, -0.2) is 0 Å². The smallest absolute Gasteiger partial charge is 0.313 e. The van der Waals surface area contributed by atoms with E-state index in [2.05, 4.69) is 31.5 Å². The largest absolute Gasteiger partial charge is 0.481 e. The van der Waals surface area contributed by atoms with Crippen molar-refractivity contribution in [1.29, 1.82) is 0 Å². The first-order valence-corrected chi connectivity index (χ1v) is 12.0. The van der Waals surface area contributed by atoms with E-state index in [0.717, 1.165) is 5.56 Å². The van der Waals surface area contributed by atoms with E-state index in [1.54, 1.807) is 60.7 Å². The van der Waals surface area contributed by atoms with Crippen molar-refractivity contribution in [2.45, 2.75) is 18.9 Å². The molecule has 0 saturated heterocycles. The average Bonchev–Trinajstić information content (AvgIpc) is 3.44. The summed E-state index contributed by atoms with van der Waals surface area (Å²) in [6.07, 6.45) is 1.26. The van der Waals surface area contributed by atoms with Crippen LogP contribution >= 0.6 is 11.6 Å². The minimum absolute atomic E-state index is 0.107. The van der Waals surface area contributed by atoms with Crippen molar-refractivity contribution in [3.05, 3.63) is 95.3 Å². The highest BCUT2D eigenvalue weighted by molar-refractivity contribution is 6.40. The summed E-state index contributed by atoms with van der Waals surface area (Å²) in [6.45, 7) is 0. The number of anilines is 2. The number of nitrogens with zero attached hydrogens (tertiary/aromatic N) is 4. The molecule has 39 heavy (non-hydrogen) atoms. The first kappa shape index (κ1) is 26.9. The summed E-state index contributed by atoms with van der Waals surface area (Å²) in [7, 11) is 0. The molecule has 0 spiro atoms. The van der Waals surface area contributed by atoms with E-state index in [1.165, 1.54) is 17.1 Å². The number of aliphatic carboxylic acids is 1. The third kappa shape index (κ3) is 7.46. The predicted molar refractivity (Wildman–Crippen MR) is 141 cm³/mol. The molecule has 0 bridgehead atoms. The minimum atomic E-state index is -1.11. The van der Waals surface area contributed by atoms with Crippen molar-refractivity contribution in [3.8, 4) is 5.69 Å². The summed E-state index contributed by atoms with van der Waals surface area (Å²) < 4.78 is 1.29. The van der Waals surface area contributed by atoms with Gasteiger partial charge >= 0.3 is 17.8 Å². The maximum absolute atomic E-state index is 13.2. The molecule has 0 aliphatic heterocycles. The molecule has 1 heterocycles. The summed E-state index contributed by atoms with van der Waals surface area (Å²) in [5.41, 5.74) is 2.27. The molecule has 198 valence electrons. The van der Waals surface area contributed by atoms with Crippen LogP contribution in [0.3, 0.4) is 0 Å². The molecule has 4 rings (SSSR count). The van der Waals surface area contributed by atoms with Crippen LogP contribution in [-0.2, 0) is 32.0 Å². The van der Waals surface area contributed by atoms with E-state index >= 15 is 0 Å². The molecule has 0 aliphatic rings. The van der Waals surface area contributed by atoms with Crippen LogP contribution < -0.4 is 16.0 Å². The average molecular weight is 548 g/mol. The molecular weight excluding hydrogens is 526 g/mol. The lowest BCUT2D eigenvalue weighted by Gasteiger charge is -2.19. The zero-order valence-electron chi connectivity index (χ0n) is 20.2. The van der Waals surface area contributed by atoms with Crippen LogP contribution in [0.15, 0.2) is 79.1 Å². The molecule has 12 nitrogen and oxygen atoms in total. The fourth-order valence-corrected chi connectivity index (χ4v) is 3.82. The number of aromatic nitrogens is 4. The van der Waals surface area contributed by atoms with Crippen molar-refractivity contribution in [2.75, 3.05) is 10.6 Å². The standard InChI is InChI=1S/C26H22ClN7O5/c27-18-8-11-22(34-15-28-32-33-34)20(14-18)30-25(38)26(39)31-21(12-16-4-2-1-3-5-16)24(37)29-19-9-6-17(7-10-19)13-23(35)36/h1-11,14-15,21H,12-13H2,(H,29,37)(H,30,38)(H,31,39)(H,35,36)/t21-/m0/s1. The number of hydrogen-bond acceptors (Lipinski definition) is 7. The minimum Gasteiger partial charge on any atom is -0.481 e. The van der Waals surface area contributed by atoms with E-state index in [-0.39, 0.29) is 18.5 Å². The highest BCUT2D eigenvalue weighted by Gasteiger charge is 2.26. The topological polar surface area (TPSA) is 168 Å². The van der Waals surface area contributed by atoms with Crippen LogP contribution in [-0.4, -0.2) is 55.0 Å². The van der Waals surface area contributed by atoms with Gasteiger partial charge in [0, 0.05) is 17.1 Å². The van der Waals surface area contributed by atoms with Crippen LogP contribution in [0.4, 0.5) is 11.4 Å². The maximum atomic E-state index is 13.2. The number of tetrazole rings is 1. The number of nitrogens with one attached hydrogen (secondary N) is 3. The highest BCUT2D eigenvalue weighted by Crippen LogP contribution is 2.23. The van der Waals surface area contributed by atoms with E-state index in [4.69, 9.17) is 16.7 Å². The lowest BCUT2D eigenvalue weighted by Crippen LogP contribution is -2.49. The third-order valence-corrected chi connectivity index (χ3v) is 5.73. The van der Waals surface area contributed by atoms with Crippen molar-refractivity contribution in [1.82, 2.24) is 25.5 Å². The van der Waals surface area contributed by atoms with Gasteiger partial charge in [0.1, 0.15) is 12.4 Å². The lowest BCUT2D eigenvalue weighted by atomic mass is 10.0. The summed E-state index contributed by atoms with van der Waals surface area (Å²) in [5, 5.41) is 27.8. The summed E-state index contributed by atoms with van der Waals surface area (Å²) in [4.78, 5) is 49.8. The Hall–Kier alpha value is -5.10. The van der Waals surface area contributed by atoms with Gasteiger partial charge in [-0.2, -0.15) is 4.68 Å². The predicted octanol–water partition coefficient (Wildman–Crippen LogP) is 2.25. The maximum Gasteiger partial charge on any atom is 0.313 e. The molecular formula is C26H22ClN7O5. The number of rotatable bonds is 9. The Morgan fingerprint density at radius 1 is 0.897 bits per heavy atom. The van der Waals surface area contributed by atoms with Crippen molar-refractivity contribution < 1.29 is 24.3 Å². The first-order valence-electron chi connectivity index (χ1n) is 11.6. The van der Waals surface area contributed by atoms with Gasteiger partial charge < -0.3 is 21.1 Å². The summed E-state index contributed by atoms with van der Waals surface area (Å²) in [5.74, 6) is -3.62. The number of carboxylic acids is 1. The van der Waals surface area contributed by atoms with Gasteiger partial charge in [0.2, 0.25) is 5.91 Å². The van der Waals surface area contributed by atoms with Crippen LogP contribution in [0, 0.1) is 0 Å². The Morgan fingerprint density at radius 3 is 2.31 bits per heavy atom. The number of halogens is 1. The molecule has 0 saturated carbocycles. The number of carboxylic acid groups (broad SMARTS) is 1. The monoisotopic (exact) mass is 547 g/mol. The third-order valence-electron chi connectivity index (χ3n) is 5.49. The number of benzene rings is 3. The zero-order chi connectivity index (χ0) is 27.8.